The maximum absolute atomic E-state index is 5.69. The van der Waals surface area contributed by atoms with Crippen molar-refractivity contribution in [2.75, 3.05) is 26.2 Å². The van der Waals surface area contributed by atoms with Crippen LogP contribution in [0.25, 0.3) is 0 Å². The summed E-state index contributed by atoms with van der Waals surface area (Å²) in [6, 6.07) is 0. The Morgan fingerprint density at radius 1 is 1.29 bits per heavy atom. The van der Waals surface area contributed by atoms with Gasteiger partial charge in [-0.1, -0.05) is 27.2 Å². The molecule has 2 atom stereocenters. The Bertz CT molecular complexity index is 191. The van der Waals surface area contributed by atoms with Crippen molar-refractivity contribution in [2.45, 2.75) is 52.9 Å². The molecule has 0 aromatic carbocycles. The Labute approximate surface area is 108 Å². The molecule has 0 amide bonds. The molecule has 0 aromatic rings. The van der Waals surface area contributed by atoms with Gasteiger partial charge in [-0.25, -0.2) is 0 Å². The van der Waals surface area contributed by atoms with Gasteiger partial charge in [0, 0.05) is 6.54 Å². The Balaban J connectivity index is 2.14. The van der Waals surface area contributed by atoms with Crippen LogP contribution >= 0.6 is 0 Å². The summed E-state index contributed by atoms with van der Waals surface area (Å²) in [5.41, 5.74) is 5.69. The number of nitrogens with zero attached hydrogens (tertiary/aromatic N) is 1. The first-order valence-electron chi connectivity index (χ1n) is 7.59. The van der Waals surface area contributed by atoms with E-state index >= 15 is 0 Å². The van der Waals surface area contributed by atoms with Gasteiger partial charge in [-0.05, 0) is 63.1 Å². The number of rotatable bonds is 8. The van der Waals surface area contributed by atoms with Gasteiger partial charge >= 0.3 is 0 Å². The number of likely N-dealkylation sites (tertiary alicyclic amines) is 1. The van der Waals surface area contributed by atoms with Crippen LogP contribution in [0.3, 0.4) is 0 Å². The van der Waals surface area contributed by atoms with E-state index in [1.807, 2.05) is 0 Å². The van der Waals surface area contributed by atoms with E-state index in [-0.39, 0.29) is 0 Å². The molecule has 0 saturated carbocycles. The average Bonchev–Trinajstić information content (AvgIpc) is 2.75. The first kappa shape index (κ1) is 15.0. The predicted octanol–water partition coefficient (Wildman–Crippen LogP) is 3.12. The lowest BCUT2D eigenvalue weighted by Gasteiger charge is -2.22. The molecule has 1 fully saturated rings. The molecule has 2 N–H and O–H groups in total. The second-order valence-corrected chi connectivity index (χ2v) is 6.09. The van der Waals surface area contributed by atoms with Crippen LogP contribution in [0.15, 0.2) is 0 Å². The van der Waals surface area contributed by atoms with E-state index in [1.165, 1.54) is 51.7 Å². The number of hydrogen-bond donors (Lipinski definition) is 1. The van der Waals surface area contributed by atoms with Crippen LogP contribution in [0, 0.1) is 17.8 Å². The quantitative estimate of drug-likeness (QED) is 0.706. The summed E-state index contributed by atoms with van der Waals surface area (Å²) < 4.78 is 0. The standard InChI is InChI=1S/C15H32N2/c1-4-14-8-11-17(12-14)10-5-6-15(7-9-16)13(2)3/h13-15H,4-12,16H2,1-3H3. The molecule has 0 bridgehead atoms. The van der Waals surface area contributed by atoms with E-state index in [9.17, 15) is 0 Å². The molecule has 1 heterocycles. The summed E-state index contributed by atoms with van der Waals surface area (Å²) in [5, 5.41) is 0. The summed E-state index contributed by atoms with van der Waals surface area (Å²) in [6.07, 6.45) is 6.71. The molecular formula is C15H32N2. The summed E-state index contributed by atoms with van der Waals surface area (Å²) >= 11 is 0. The minimum Gasteiger partial charge on any atom is -0.330 e. The molecule has 1 aliphatic rings. The minimum absolute atomic E-state index is 0.792. The van der Waals surface area contributed by atoms with Crippen LogP contribution in [-0.4, -0.2) is 31.1 Å². The van der Waals surface area contributed by atoms with E-state index in [1.54, 1.807) is 0 Å². The first-order valence-corrected chi connectivity index (χ1v) is 7.59. The van der Waals surface area contributed by atoms with Crippen molar-refractivity contribution in [3.63, 3.8) is 0 Å². The van der Waals surface area contributed by atoms with Crippen molar-refractivity contribution in [2.24, 2.45) is 23.5 Å². The molecule has 102 valence electrons. The van der Waals surface area contributed by atoms with Crippen LogP contribution in [0.5, 0.6) is 0 Å². The molecule has 1 rings (SSSR count). The number of hydrogen-bond acceptors (Lipinski definition) is 2. The highest BCUT2D eigenvalue weighted by molar-refractivity contribution is 4.75. The van der Waals surface area contributed by atoms with Gasteiger partial charge in [0.05, 0.1) is 0 Å². The maximum Gasteiger partial charge on any atom is 0.00100 e. The molecule has 2 unspecified atom stereocenters. The van der Waals surface area contributed by atoms with Gasteiger partial charge in [0.1, 0.15) is 0 Å². The van der Waals surface area contributed by atoms with Gasteiger partial charge in [0.15, 0.2) is 0 Å². The zero-order chi connectivity index (χ0) is 12.7. The van der Waals surface area contributed by atoms with Crippen molar-refractivity contribution < 1.29 is 0 Å². The Morgan fingerprint density at radius 2 is 2.06 bits per heavy atom. The lowest BCUT2D eigenvalue weighted by atomic mass is 9.88. The van der Waals surface area contributed by atoms with E-state index in [2.05, 4.69) is 25.7 Å². The Morgan fingerprint density at radius 3 is 2.59 bits per heavy atom. The third-order valence-electron chi connectivity index (χ3n) is 4.48. The molecule has 1 aliphatic heterocycles. The second kappa shape index (κ2) is 8.10. The largest absolute Gasteiger partial charge is 0.330 e. The normalized spacial score (nSPS) is 23.5. The van der Waals surface area contributed by atoms with Crippen LogP contribution in [-0.2, 0) is 0 Å². The minimum atomic E-state index is 0.792. The summed E-state index contributed by atoms with van der Waals surface area (Å²) in [5.74, 6) is 2.60. The van der Waals surface area contributed by atoms with Gasteiger partial charge in [-0.15, -0.1) is 0 Å². The van der Waals surface area contributed by atoms with Crippen LogP contribution in [0.4, 0.5) is 0 Å². The van der Waals surface area contributed by atoms with Gasteiger partial charge in [0.2, 0.25) is 0 Å². The smallest absolute Gasteiger partial charge is 0.00100 e. The second-order valence-electron chi connectivity index (χ2n) is 6.09. The molecule has 0 aromatic heterocycles. The molecular weight excluding hydrogens is 208 g/mol. The van der Waals surface area contributed by atoms with Crippen molar-refractivity contribution in [1.29, 1.82) is 0 Å². The third-order valence-corrected chi connectivity index (χ3v) is 4.48. The highest BCUT2D eigenvalue weighted by atomic mass is 15.1. The third kappa shape index (κ3) is 5.39. The zero-order valence-electron chi connectivity index (χ0n) is 12.1. The highest BCUT2D eigenvalue weighted by Gasteiger charge is 2.20. The van der Waals surface area contributed by atoms with E-state index in [0.29, 0.717) is 0 Å². The van der Waals surface area contributed by atoms with Crippen LogP contribution < -0.4 is 5.73 Å². The van der Waals surface area contributed by atoms with Crippen molar-refractivity contribution in [1.82, 2.24) is 4.90 Å². The lowest BCUT2D eigenvalue weighted by Crippen LogP contribution is -2.23. The number of nitrogens with two attached hydrogens (primary N) is 1. The topological polar surface area (TPSA) is 29.3 Å². The van der Waals surface area contributed by atoms with Gasteiger partial charge < -0.3 is 10.6 Å². The van der Waals surface area contributed by atoms with E-state index in [0.717, 1.165) is 24.3 Å². The van der Waals surface area contributed by atoms with Crippen molar-refractivity contribution >= 4 is 0 Å². The van der Waals surface area contributed by atoms with Gasteiger partial charge in [-0.3, -0.25) is 0 Å². The molecule has 2 heteroatoms. The van der Waals surface area contributed by atoms with Crippen LogP contribution in [0.2, 0.25) is 0 Å². The molecule has 0 aliphatic carbocycles. The fraction of sp³-hybridized carbons (Fsp3) is 1.00. The molecule has 0 radical (unpaired) electrons. The van der Waals surface area contributed by atoms with Crippen LogP contribution in [0.1, 0.15) is 52.9 Å². The van der Waals surface area contributed by atoms with Gasteiger partial charge in [-0.2, -0.15) is 0 Å². The zero-order valence-corrected chi connectivity index (χ0v) is 12.1. The van der Waals surface area contributed by atoms with Crippen molar-refractivity contribution in [3.05, 3.63) is 0 Å². The molecule has 1 saturated heterocycles. The maximum atomic E-state index is 5.69. The fourth-order valence-corrected chi connectivity index (χ4v) is 3.05. The summed E-state index contributed by atoms with van der Waals surface area (Å²) in [6.45, 7) is 11.8. The first-order chi connectivity index (χ1) is 8.17. The Kier molecular flexibility index (Phi) is 7.14. The summed E-state index contributed by atoms with van der Waals surface area (Å²) in [4.78, 5) is 2.66. The SMILES string of the molecule is CCC1CCN(CCCC(CCN)C(C)C)C1. The highest BCUT2D eigenvalue weighted by Crippen LogP contribution is 2.23. The molecule has 2 nitrogen and oxygen atoms in total. The van der Waals surface area contributed by atoms with Gasteiger partial charge in [0.25, 0.3) is 0 Å². The monoisotopic (exact) mass is 240 g/mol. The fourth-order valence-electron chi connectivity index (χ4n) is 3.05. The van der Waals surface area contributed by atoms with E-state index < -0.39 is 0 Å². The lowest BCUT2D eigenvalue weighted by molar-refractivity contribution is 0.277. The average molecular weight is 240 g/mol. The molecule has 17 heavy (non-hydrogen) atoms. The van der Waals surface area contributed by atoms with E-state index in [4.69, 9.17) is 5.73 Å². The summed E-state index contributed by atoms with van der Waals surface area (Å²) in [7, 11) is 0. The predicted molar refractivity (Wildman–Crippen MR) is 76.1 cm³/mol. The molecule has 0 spiro atoms. The van der Waals surface area contributed by atoms with Crippen molar-refractivity contribution in [3.8, 4) is 0 Å². The Hall–Kier alpha value is -0.0800.